The maximum Gasteiger partial charge on any atom is 0.286 e. The van der Waals surface area contributed by atoms with Crippen molar-refractivity contribution in [3.05, 3.63) is 22.7 Å². The summed E-state index contributed by atoms with van der Waals surface area (Å²) >= 11 is 3.26. The lowest BCUT2D eigenvalue weighted by Gasteiger charge is -2.17. The van der Waals surface area contributed by atoms with E-state index in [4.69, 9.17) is 0 Å². The van der Waals surface area contributed by atoms with Crippen LogP contribution in [0.15, 0.2) is 32.0 Å². The van der Waals surface area contributed by atoms with Crippen LogP contribution in [-0.4, -0.2) is 14.3 Å². The molecule has 1 saturated carbocycles. The molecule has 0 amide bonds. The van der Waals surface area contributed by atoms with Crippen LogP contribution in [0.3, 0.4) is 0 Å². The largest absolute Gasteiger partial charge is 0.342 e. The number of nitrogens with one attached hydrogen (secondary N) is 1. The molecule has 3 rings (SSSR count). The Morgan fingerprint density at radius 2 is 2.12 bits per heavy atom. The minimum atomic E-state index is -3.52. The second kappa shape index (κ2) is 3.30. The number of benzene rings is 1. The molecule has 1 fully saturated rings. The first-order chi connectivity index (χ1) is 7.56. The van der Waals surface area contributed by atoms with Crippen LogP contribution < -0.4 is 5.32 Å². The van der Waals surface area contributed by atoms with Gasteiger partial charge in [0.15, 0.2) is 0 Å². The van der Waals surface area contributed by atoms with Crippen molar-refractivity contribution in [1.29, 1.82) is 0 Å². The summed E-state index contributed by atoms with van der Waals surface area (Å²) < 4.78 is 28.4. The van der Waals surface area contributed by atoms with Crippen molar-refractivity contribution >= 4 is 37.5 Å². The summed E-state index contributed by atoms with van der Waals surface area (Å²) in [7, 11) is -3.52. The first kappa shape index (κ1) is 10.3. The van der Waals surface area contributed by atoms with E-state index in [0.29, 0.717) is 17.4 Å². The molecule has 1 aromatic rings. The van der Waals surface area contributed by atoms with E-state index in [1.54, 1.807) is 12.1 Å². The Morgan fingerprint density at radius 3 is 2.81 bits per heavy atom. The smallest absolute Gasteiger partial charge is 0.286 e. The first-order valence-electron chi connectivity index (χ1n) is 4.98. The minimum absolute atomic E-state index is 0.242. The molecule has 4 nitrogen and oxygen atoms in total. The van der Waals surface area contributed by atoms with Crippen molar-refractivity contribution in [2.75, 3.05) is 5.32 Å². The third-order valence-electron chi connectivity index (χ3n) is 2.67. The number of amidine groups is 1. The molecule has 0 bridgehead atoms. The Hall–Kier alpha value is -0.880. The number of nitrogens with zero attached hydrogens (tertiary/aromatic N) is 1. The number of halogens is 1. The van der Waals surface area contributed by atoms with E-state index in [0.717, 1.165) is 17.3 Å². The minimum Gasteiger partial charge on any atom is -0.342 e. The van der Waals surface area contributed by atoms with E-state index in [9.17, 15) is 8.42 Å². The van der Waals surface area contributed by atoms with Gasteiger partial charge >= 0.3 is 0 Å². The molecule has 0 unspecified atom stereocenters. The van der Waals surface area contributed by atoms with Crippen LogP contribution >= 0.6 is 15.9 Å². The summed E-state index contributed by atoms with van der Waals surface area (Å²) in [6, 6.07) is 5.15. The van der Waals surface area contributed by atoms with Crippen LogP contribution in [0.2, 0.25) is 0 Å². The van der Waals surface area contributed by atoms with Crippen molar-refractivity contribution in [3.8, 4) is 0 Å². The van der Waals surface area contributed by atoms with Gasteiger partial charge in [0.2, 0.25) is 0 Å². The first-order valence-corrected chi connectivity index (χ1v) is 7.21. The molecule has 1 N–H and O–H groups in total. The second-order valence-electron chi connectivity index (χ2n) is 3.99. The highest BCUT2D eigenvalue weighted by Gasteiger charge is 2.34. The van der Waals surface area contributed by atoms with Crippen LogP contribution in [0, 0.1) is 5.92 Å². The van der Waals surface area contributed by atoms with Gasteiger partial charge in [0, 0.05) is 10.4 Å². The van der Waals surface area contributed by atoms with E-state index < -0.39 is 10.0 Å². The lowest BCUT2D eigenvalue weighted by molar-refractivity contribution is 0.597. The molecule has 0 atom stereocenters. The third kappa shape index (κ3) is 1.66. The van der Waals surface area contributed by atoms with Crippen LogP contribution in [0.25, 0.3) is 0 Å². The maximum atomic E-state index is 11.9. The summed E-state index contributed by atoms with van der Waals surface area (Å²) in [4.78, 5) is 0.242. The summed E-state index contributed by atoms with van der Waals surface area (Å²) in [6.07, 6.45) is 2.04. The number of rotatable bonds is 1. The molecule has 2 aliphatic rings. The van der Waals surface area contributed by atoms with E-state index in [1.807, 2.05) is 6.07 Å². The highest BCUT2D eigenvalue weighted by molar-refractivity contribution is 9.10. The molecule has 6 heteroatoms. The Balaban J connectivity index is 2.16. The molecular formula is C10H9BrN2O2S. The number of hydrogen-bond donors (Lipinski definition) is 1. The maximum absolute atomic E-state index is 11.9. The fraction of sp³-hybridized carbons (Fsp3) is 0.300. The van der Waals surface area contributed by atoms with Crippen molar-refractivity contribution in [2.24, 2.45) is 10.3 Å². The molecule has 1 heterocycles. The molecule has 84 valence electrons. The average molecular weight is 301 g/mol. The van der Waals surface area contributed by atoms with Gasteiger partial charge in [0.05, 0.1) is 5.69 Å². The van der Waals surface area contributed by atoms with Gasteiger partial charge in [-0.1, -0.05) is 15.9 Å². The SMILES string of the molecule is O=S1(=O)N=C(C2CC2)Nc2ccc(Br)cc21. The summed E-state index contributed by atoms with van der Waals surface area (Å²) in [5.74, 6) is 0.890. The van der Waals surface area contributed by atoms with Crippen molar-refractivity contribution in [3.63, 3.8) is 0 Å². The van der Waals surface area contributed by atoms with Crippen molar-refractivity contribution < 1.29 is 8.42 Å². The van der Waals surface area contributed by atoms with E-state index >= 15 is 0 Å². The molecule has 0 spiro atoms. The van der Waals surface area contributed by atoms with E-state index in [1.165, 1.54) is 0 Å². The number of sulfonamides is 1. The quantitative estimate of drug-likeness (QED) is 0.866. The normalized spacial score (nSPS) is 21.9. The van der Waals surface area contributed by atoms with Gasteiger partial charge in [-0.3, -0.25) is 0 Å². The topological polar surface area (TPSA) is 58.5 Å². The predicted molar refractivity (Wildman–Crippen MR) is 65.1 cm³/mol. The predicted octanol–water partition coefficient (Wildman–Crippen LogP) is 2.37. The highest BCUT2D eigenvalue weighted by atomic mass is 79.9. The van der Waals surface area contributed by atoms with E-state index in [-0.39, 0.29) is 4.90 Å². The molecule has 1 aromatic carbocycles. The zero-order valence-electron chi connectivity index (χ0n) is 8.27. The molecule has 1 aliphatic carbocycles. The molecular weight excluding hydrogens is 292 g/mol. The fourth-order valence-corrected chi connectivity index (χ4v) is 3.42. The van der Waals surface area contributed by atoms with Gasteiger partial charge in [0.1, 0.15) is 10.7 Å². The zero-order chi connectivity index (χ0) is 11.3. The van der Waals surface area contributed by atoms with Crippen molar-refractivity contribution in [2.45, 2.75) is 17.7 Å². The average Bonchev–Trinajstić information content (AvgIpc) is 3.01. The number of anilines is 1. The zero-order valence-corrected chi connectivity index (χ0v) is 10.7. The van der Waals surface area contributed by atoms with Crippen LogP contribution in [0.1, 0.15) is 12.8 Å². The molecule has 0 aromatic heterocycles. The standard InChI is InChI=1S/C10H9BrN2O2S/c11-7-3-4-8-9(5-7)16(14,15)13-10(12-8)6-1-2-6/h3-6H,1-2H2,(H,12,13). The summed E-state index contributed by atoms with van der Waals surface area (Å²) in [5, 5.41) is 3.09. The van der Waals surface area contributed by atoms with E-state index in [2.05, 4.69) is 25.6 Å². The monoisotopic (exact) mass is 300 g/mol. The summed E-state index contributed by atoms with van der Waals surface area (Å²) in [5.41, 5.74) is 0.625. The van der Waals surface area contributed by atoms with Crippen LogP contribution in [0.4, 0.5) is 5.69 Å². The Kier molecular flexibility index (Phi) is 2.12. The van der Waals surface area contributed by atoms with Crippen molar-refractivity contribution in [1.82, 2.24) is 0 Å². The lowest BCUT2D eigenvalue weighted by Crippen LogP contribution is -2.22. The van der Waals surface area contributed by atoms with Crippen LogP contribution in [0.5, 0.6) is 0 Å². The Morgan fingerprint density at radius 1 is 1.38 bits per heavy atom. The van der Waals surface area contributed by atoms with Gasteiger partial charge < -0.3 is 5.32 Å². The van der Waals surface area contributed by atoms with Gasteiger partial charge in [0.25, 0.3) is 10.0 Å². The van der Waals surface area contributed by atoms with Gasteiger partial charge in [-0.2, -0.15) is 8.42 Å². The molecule has 0 saturated heterocycles. The van der Waals surface area contributed by atoms with Gasteiger partial charge in [-0.15, -0.1) is 4.40 Å². The Bertz CT molecular complexity index is 591. The lowest BCUT2D eigenvalue weighted by atomic mass is 10.3. The molecule has 16 heavy (non-hydrogen) atoms. The highest BCUT2D eigenvalue weighted by Crippen LogP contribution is 2.37. The molecule has 1 aliphatic heterocycles. The fourth-order valence-electron chi connectivity index (χ4n) is 1.69. The third-order valence-corrected chi connectivity index (χ3v) is 4.49. The molecule has 0 radical (unpaired) electrons. The van der Waals surface area contributed by atoms with Gasteiger partial charge in [-0.25, -0.2) is 0 Å². The van der Waals surface area contributed by atoms with Crippen LogP contribution in [-0.2, 0) is 10.0 Å². The number of fused-ring (bicyclic) bond motifs is 1. The van der Waals surface area contributed by atoms with Gasteiger partial charge in [-0.05, 0) is 31.0 Å². The number of hydrogen-bond acceptors (Lipinski definition) is 3. The second-order valence-corrected chi connectivity index (χ2v) is 6.48. The Labute approximate surface area is 102 Å². The summed E-state index contributed by atoms with van der Waals surface area (Å²) in [6.45, 7) is 0.